The Hall–Kier alpha value is -1.37. The fourth-order valence-corrected chi connectivity index (χ4v) is 1.81. The van der Waals surface area contributed by atoms with Gasteiger partial charge in [-0.3, -0.25) is 5.10 Å². The van der Waals surface area contributed by atoms with Crippen molar-refractivity contribution in [2.45, 2.75) is 13.1 Å². The highest BCUT2D eigenvalue weighted by Gasteiger charge is 2.33. The van der Waals surface area contributed by atoms with E-state index in [1.54, 1.807) is 12.3 Å². The standard InChI is InChI=1S/C8H6F3N3S/c1-4-3-15-7(12-4)5-2-6(14-13-5)8(9,10)11/h2-3H,1H3,(H,13,14). The second kappa shape index (κ2) is 3.34. The number of aromatic amines is 1. The fourth-order valence-electron chi connectivity index (χ4n) is 1.05. The number of nitrogens with zero attached hydrogens (tertiary/aromatic N) is 2. The second-order valence-corrected chi connectivity index (χ2v) is 3.82. The van der Waals surface area contributed by atoms with Gasteiger partial charge in [0.1, 0.15) is 16.4 Å². The van der Waals surface area contributed by atoms with Gasteiger partial charge in [-0.25, -0.2) is 4.98 Å². The van der Waals surface area contributed by atoms with Crippen LogP contribution in [0.15, 0.2) is 11.4 Å². The maximum Gasteiger partial charge on any atom is 0.432 e. The Morgan fingerprint density at radius 1 is 1.40 bits per heavy atom. The van der Waals surface area contributed by atoms with E-state index in [0.29, 0.717) is 5.01 Å². The zero-order valence-electron chi connectivity index (χ0n) is 7.59. The summed E-state index contributed by atoms with van der Waals surface area (Å²) in [5.74, 6) is 0. The maximum absolute atomic E-state index is 12.2. The van der Waals surface area contributed by atoms with Gasteiger partial charge in [0.2, 0.25) is 0 Å². The van der Waals surface area contributed by atoms with E-state index in [-0.39, 0.29) is 5.69 Å². The van der Waals surface area contributed by atoms with E-state index in [1.165, 1.54) is 11.3 Å². The number of halogens is 3. The molecule has 0 atom stereocenters. The monoisotopic (exact) mass is 233 g/mol. The molecule has 0 aliphatic rings. The number of thiazole rings is 1. The van der Waals surface area contributed by atoms with Gasteiger partial charge >= 0.3 is 6.18 Å². The Labute approximate surface area is 87.0 Å². The number of aryl methyl sites for hydroxylation is 1. The van der Waals surface area contributed by atoms with E-state index in [0.717, 1.165) is 11.8 Å². The molecule has 7 heteroatoms. The molecule has 2 heterocycles. The summed E-state index contributed by atoms with van der Waals surface area (Å²) in [4.78, 5) is 4.04. The number of alkyl halides is 3. The minimum atomic E-state index is -4.39. The van der Waals surface area contributed by atoms with Crippen molar-refractivity contribution in [1.29, 1.82) is 0 Å². The minimum absolute atomic E-state index is 0.223. The van der Waals surface area contributed by atoms with Crippen LogP contribution >= 0.6 is 11.3 Å². The van der Waals surface area contributed by atoms with Crippen molar-refractivity contribution in [3.63, 3.8) is 0 Å². The first kappa shape index (κ1) is 10.2. The first-order valence-corrected chi connectivity index (χ1v) is 4.90. The molecule has 1 N–H and O–H groups in total. The molecule has 0 saturated heterocycles. The van der Waals surface area contributed by atoms with Crippen molar-refractivity contribution in [2.75, 3.05) is 0 Å². The summed E-state index contributed by atoms with van der Waals surface area (Å²) in [7, 11) is 0. The highest BCUT2D eigenvalue weighted by Crippen LogP contribution is 2.31. The first-order valence-electron chi connectivity index (χ1n) is 4.02. The molecule has 0 fully saturated rings. The van der Waals surface area contributed by atoms with Gasteiger partial charge in [-0.1, -0.05) is 0 Å². The molecule has 0 unspecified atom stereocenters. The van der Waals surface area contributed by atoms with Crippen LogP contribution in [-0.4, -0.2) is 15.2 Å². The third-order valence-corrected chi connectivity index (χ3v) is 2.70. The van der Waals surface area contributed by atoms with Crippen molar-refractivity contribution in [3.8, 4) is 10.7 Å². The molecule has 0 amide bonds. The van der Waals surface area contributed by atoms with Crippen LogP contribution in [0.3, 0.4) is 0 Å². The van der Waals surface area contributed by atoms with Gasteiger partial charge in [0.05, 0.1) is 0 Å². The summed E-state index contributed by atoms with van der Waals surface area (Å²) >= 11 is 1.27. The van der Waals surface area contributed by atoms with E-state index in [9.17, 15) is 13.2 Å². The van der Waals surface area contributed by atoms with Crippen molar-refractivity contribution < 1.29 is 13.2 Å². The van der Waals surface area contributed by atoms with Crippen molar-refractivity contribution in [3.05, 3.63) is 22.8 Å². The Kier molecular flexibility index (Phi) is 2.26. The average Bonchev–Trinajstić information content (AvgIpc) is 2.69. The van der Waals surface area contributed by atoms with Gasteiger partial charge in [0.15, 0.2) is 0 Å². The Morgan fingerprint density at radius 3 is 2.60 bits per heavy atom. The summed E-state index contributed by atoms with van der Waals surface area (Å²) in [6.07, 6.45) is -4.39. The lowest BCUT2D eigenvalue weighted by molar-refractivity contribution is -0.141. The Bertz CT molecular complexity index is 471. The zero-order chi connectivity index (χ0) is 11.1. The molecule has 0 bridgehead atoms. The van der Waals surface area contributed by atoms with Crippen molar-refractivity contribution in [2.24, 2.45) is 0 Å². The molecule has 0 aromatic carbocycles. The minimum Gasteiger partial charge on any atom is -0.273 e. The Morgan fingerprint density at radius 2 is 2.13 bits per heavy atom. The first-order chi connectivity index (χ1) is 6.97. The number of H-pyrrole nitrogens is 1. The number of aromatic nitrogens is 3. The van der Waals surface area contributed by atoms with Crippen LogP contribution in [0.2, 0.25) is 0 Å². The molecular formula is C8H6F3N3S. The third kappa shape index (κ3) is 2.01. The number of rotatable bonds is 1. The summed E-state index contributed by atoms with van der Waals surface area (Å²) in [6, 6.07) is 0.957. The predicted molar refractivity (Wildman–Crippen MR) is 49.4 cm³/mol. The number of nitrogens with one attached hydrogen (secondary N) is 1. The van der Waals surface area contributed by atoms with Gasteiger partial charge in [-0.15, -0.1) is 11.3 Å². The third-order valence-electron chi connectivity index (χ3n) is 1.72. The molecular weight excluding hydrogens is 227 g/mol. The lowest BCUT2D eigenvalue weighted by Crippen LogP contribution is -2.04. The van der Waals surface area contributed by atoms with Crippen LogP contribution in [0.5, 0.6) is 0 Å². The van der Waals surface area contributed by atoms with Gasteiger partial charge in [-0.05, 0) is 13.0 Å². The topological polar surface area (TPSA) is 41.6 Å². The lowest BCUT2D eigenvalue weighted by atomic mass is 10.3. The predicted octanol–water partition coefficient (Wildman–Crippen LogP) is 2.86. The number of hydrogen-bond acceptors (Lipinski definition) is 3. The lowest BCUT2D eigenvalue weighted by Gasteiger charge is -1.99. The molecule has 0 aliphatic heterocycles. The van der Waals surface area contributed by atoms with Gasteiger partial charge in [0.25, 0.3) is 0 Å². The van der Waals surface area contributed by atoms with E-state index >= 15 is 0 Å². The van der Waals surface area contributed by atoms with Crippen LogP contribution in [0.25, 0.3) is 10.7 Å². The SMILES string of the molecule is Cc1csc(-c2cc(C(F)(F)F)[nH]n2)n1. The summed E-state index contributed by atoms with van der Waals surface area (Å²) in [5.41, 5.74) is 0.136. The van der Waals surface area contributed by atoms with E-state index in [4.69, 9.17) is 0 Å². The van der Waals surface area contributed by atoms with Crippen LogP contribution in [-0.2, 0) is 6.18 Å². The van der Waals surface area contributed by atoms with Gasteiger partial charge in [-0.2, -0.15) is 18.3 Å². The summed E-state index contributed by atoms with van der Waals surface area (Å²) in [6.45, 7) is 1.78. The van der Waals surface area contributed by atoms with E-state index in [1.807, 2.05) is 5.10 Å². The molecule has 2 aromatic rings. The van der Waals surface area contributed by atoms with Crippen LogP contribution in [0, 0.1) is 6.92 Å². The average molecular weight is 233 g/mol. The molecule has 0 spiro atoms. The van der Waals surface area contributed by atoms with Crippen molar-refractivity contribution >= 4 is 11.3 Å². The molecule has 2 aromatic heterocycles. The largest absolute Gasteiger partial charge is 0.432 e. The van der Waals surface area contributed by atoms with Gasteiger partial charge in [0, 0.05) is 11.1 Å². The molecule has 0 aliphatic carbocycles. The van der Waals surface area contributed by atoms with E-state index in [2.05, 4.69) is 10.1 Å². The highest BCUT2D eigenvalue weighted by molar-refractivity contribution is 7.13. The summed E-state index contributed by atoms with van der Waals surface area (Å²) < 4.78 is 36.7. The molecule has 3 nitrogen and oxygen atoms in total. The molecule has 2 rings (SSSR count). The maximum atomic E-state index is 12.2. The normalized spacial score (nSPS) is 12.0. The van der Waals surface area contributed by atoms with Crippen molar-refractivity contribution in [1.82, 2.24) is 15.2 Å². The van der Waals surface area contributed by atoms with Crippen LogP contribution in [0.4, 0.5) is 13.2 Å². The molecule has 0 saturated carbocycles. The Balaban J connectivity index is 2.36. The quantitative estimate of drug-likeness (QED) is 0.822. The molecule has 80 valence electrons. The highest BCUT2D eigenvalue weighted by atomic mass is 32.1. The second-order valence-electron chi connectivity index (χ2n) is 2.96. The molecule has 15 heavy (non-hydrogen) atoms. The van der Waals surface area contributed by atoms with E-state index < -0.39 is 11.9 Å². The van der Waals surface area contributed by atoms with Crippen LogP contribution < -0.4 is 0 Å². The number of hydrogen-bond donors (Lipinski definition) is 1. The summed E-state index contributed by atoms with van der Waals surface area (Å²) in [5, 5.41) is 7.76. The van der Waals surface area contributed by atoms with Gasteiger partial charge < -0.3 is 0 Å². The smallest absolute Gasteiger partial charge is 0.273 e. The zero-order valence-corrected chi connectivity index (χ0v) is 8.41. The fraction of sp³-hybridized carbons (Fsp3) is 0.250. The molecule has 0 radical (unpaired) electrons. The van der Waals surface area contributed by atoms with Crippen LogP contribution in [0.1, 0.15) is 11.4 Å².